The summed E-state index contributed by atoms with van der Waals surface area (Å²) in [6.07, 6.45) is 0. The molecule has 8 heteroatoms. The van der Waals surface area contributed by atoms with Crippen LogP contribution in [0.2, 0.25) is 0 Å². The number of thioether (sulfide) groups is 1. The highest BCUT2D eigenvalue weighted by atomic mass is 32.2. The fourth-order valence-corrected chi connectivity index (χ4v) is 3.98. The highest BCUT2D eigenvalue weighted by Crippen LogP contribution is 2.37. The average Bonchev–Trinajstić information content (AvgIpc) is 3.22. The van der Waals surface area contributed by atoms with Crippen LogP contribution in [0.1, 0.15) is 10.9 Å². The molecule has 7 nitrogen and oxygen atoms in total. The first-order valence-corrected chi connectivity index (χ1v) is 9.83. The summed E-state index contributed by atoms with van der Waals surface area (Å²) in [6.45, 7) is 0.747. The molecule has 0 bridgehead atoms. The third kappa shape index (κ3) is 5.02. The summed E-state index contributed by atoms with van der Waals surface area (Å²) in [5.74, 6) is 2.43. The van der Waals surface area contributed by atoms with E-state index in [9.17, 15) is 4.79 Å². The fourth-order valence-electron chi connectivity index (χ4n) is 2.76. The summed E-state index contributed by atoms with van der Waals surface area (Å²) in [4.78, 5) is 11.1. The first-order chi connectivity index (χ1) is 13.6. The summed E-state index contributed by atoms with van der Waals surface area (Å²) in [5, 5.41) is 12.1. The van der Waals surface area contributed by atoms with Crippen molar-refractivity contribution in [1.29, 1.82) is 0 Å². The molecule has 0 spiro atoms. The SMILES string of the molecule is COc1ccc(OCCOc2ccc(C3NC(C(=O)O)CS3)cc2OC)cc1. The summed E-state index contributed by atoms with van der Waals surface area (Å²) in [6, 6.07) is 12.4. The number of rotatable bonds is 9. The average molecular weight is 405 g/mol. The minimum atomic E-state index is -0.834. The molecule has 2 N–H and O–H groups in total. The van der Waals surface area contributed by atoms with Crippen LogP contribution < -0.4 is 24.3 Å². The highest BCUT2D eigenvalue weighted by molar-refractivity contribution is 7.99. The molecule has 28 heavy (non-hydrogen) atoms. The molecule has 0 amide bonds. The van der Waals surface area contributed by atoms with Gasteiger partial charge in [-0.2, -0.15) is 0 Å². The Morgan fingerprint density at radius 1 is 1.04 bits per heavy atom. The first kappa shape index (κ1) is 20.2. The molecule has 0 aromatic heterocycles. The molecular formula is C20H23NO6S. The Bertz CT molecular complexity index is 798. The predicted octanol–water partition coefficient (Wildman–Crippen LogP) is 2.95. The minimum absolute atomic E-state index is 0.0811. The second-order valence-corrected chi connectivity index (χ2v) is 7.19. The lowest BCUT2D eigenvalue weighted by molar-refractivity contribution is -0.138. The maximum Gasteiger partial charge on any atom is 0.321 e. The lowest BCUT2D eigenvalue weighted by Gasteiger charge is -2.16. The molecule has 3 rings (SSSR count). The quantitative estimate of drug-likeness (QED) is 0.616. The van der Waals surface area contributed by atoms with Crippen molar-refractivity contribution in [2.45, 2.75) is 11.4 Å². The van der Waals surface area contributed by atoms with Crippen LogP contribution in [0.5, 0.6) is 23.0 Å². The molecule has 1 saturated heterocycles. The summed E-state index contributed by atoms with van der Waals surface area (Å²) < 4.78 is 22.0. The molecule has 150 valence electrons. The van der Waals surface area contributed by atoms with E-state index in [1.807, 2.05) is 42.5 Å². The number of carboxylic acids is 1. The van der Waals surface area contributed by atoms with Crippen molar-refractivity contribution in [3.05, 3.63) is 48.0 Å². The van der Waals surface area contributed by atoms with Gasteiger partial charge < -0.3 is 24.1 Å². The van der Waals surface area contributed by atoms with E-state index in [0.717, 1.165) is 17.1 Å². The molecule has 0 radical (unpaired) electrons. The van der Waals surface area contributed by atoms with Crippen molar-refractivity contribution in [2.24, 2.45) is 0 Å². The summed E-state index contributed by atoms with van der Waals surface area (Å²) in [5.41, 5.74) is 0.951. The predicted molar refractivity (Wildman–Crippen MR) is 107 cm³/mol. The normalized spacial score (nSPS) is 18.5. The fraction of sp³-hybridized carbons (Fsp3) is 0.350. The topological polar surface area (TPSA) is 86.2 Å². The molecule has 2 aromatic rings. The maximum absolute atomic E-state index is 11.1. The van der Waals surface area contributed by atoms with Crippen molar-refractivity contribution in [1.82, 2.24) is 5.32 Å². The van der Waals surface area contributed by atoms with Gasteiger partial charge in [-0.1, -0.05) is 6.07 Å². The highest BCUT2D eigenvalue weighted by Gasteiger charge is 2.30. The number of carboxylic acid groups (broad SMARTS) is 1. The van der Waals surface area contributed by atoms with Gasteiger partial charge in [0.25, 0.3) is 0 Å². The van der Waals surface area contributed by atoms with E-state index < -0.39 is 12.0 Å². The molecular weight excluding hydrogens is 382 g/mol. The molecule has 2 atom stereocenters. The molecule has 1 heterocycles. The van der Waals surface area contributed by atoms with Crippen LogP contribution in [0.25, 0.3) is 0 Å². The number of hydrogen-bond acceptors (Lipinski definition) is 7. The van der Waals surface area contributed by atoms with Crippen molar-refractivity contribution in [3.63, 3.8) is 0 Å². The largest absolute Gasteiger partial charge is 0.497 e. The van der Waals surface area contributed by atoms with Crippen molar-refractivity contribution in [3.8, 4) is 23.0 Å². The lowest BCUT2D eigenvalue weighted by Crippen LogP contribution is -2.33. The Morgan fingerprint density at radius 2 is 1.75 bits per heavy atom. The zero-order valence-electron chi connectivity index (χ0n) is 15.7. The van der Waals surface area contributed by atoms with Gasteiger partial charge in [0.15, 0.2) is 11.5 Å². The van der Waals surface area contributed by atoms with Crippen LogP contribution in [0.4, 0.5) is 0 Å². The van der Waals surface area contributed by atoms with Crippen LogP contribution in [0.3, 0.4) is 0 Å². The van der Waals surface area contributed by atoms with Crippen LogP contribution in [0.15, 0.2) is 42.5 Å². The number of ether oxygens (including phenoxy) is 4. The van der Waals surface area contributed by atoms with E-state index in [2.05, 4.69) is 5.32 Å². The Balaban J connectivity index is 1.53. The molecule has 0 aliphatic carbocycles. The zero-order chi connectivity index (χ0) is 19.9. The molecule has 1 aliphatic heterocycles. The molecule has 0 saturated carbocycles. The minimum Gasteiger partial charge on any atom is -0.497 e. The summed E-state index contributed by atoms with van der Waals surface area (Å²) in [7, 11) is 3.20. The van der Waals surface area contributed by atoms with Crippen LogP contribution in [-0.4, -0.2) is 50.3 Å². The Labute approximate surface area is 167 Å². The van der Waals surface area contributed by atoms with Crippen molar-refractivity contribution in [2.75, 3.05) is 33.2 Å². The van der Waals surface area contributed by atoms with Gasteiger partial charge in [0, 0.05) is 5.75 Å². The Kier molecular flexibility index (Phi) is 6.89. The van der Waals surface area contributed by atoms with Gasteiger partial charge in [-0.15, -0.1) is 11.8 Å². The third-order valence-electron chi connectivity index (χ3n) is 4.24. The number of nitrogens with one attached hydrogen (secondary N) is 1. The van der Waals surface area contributed by atoms with Crippen LogP contribution >= 0.6 is 11.8 Å². The van der Waals surface area contributed by atoms with Gasteiger partial charge in [-0.25, -0.2) is 0 Å². The van der Waals surface area contributed by atoms with E-state index in [0.29, 0.717) is 30.5 Å². The second kappa shape index (κ2) is 9.57. The van der Waals surface area contributed by atoms with E-state index in [4.69, 9.17) is 24.1 Å². The van der Waals surface area contributed by atoms with Gasteiger partial charge in [0.2, 0.25) is 0 Å². The zero-order valence-corrected chi connectivity index (χ0v) is 16.5. The van der Waals surface area contributed by atoms with Crippen LogP contribution in [-0.2, 0) is 4.79 Å². The van der Waals surface area contributed by atoms with Gasteiger partial charge >= 0.3 is 5.97 Å². The van der Waals surface area contributed by atoms with E-state index >= 15 is 0 Å². The van der Waals surface area contributed by atoms with Gasteiger partial charge in [0.1, 0.15) is 30.8 Å². The second-order valence-electron chi connectivity index (χ2n) is 6.05. The molecule has 1 fully saturated rings. The molecule has 2 aromatic carbocycles. The smallest absolute Gasteiger partial charge is 0.321 e. The molecule has 1 aliphatic rings. The van der Waals surface area contributed by atoms with E-state index in [1.54, 1.807) is 26.0 Å². The molecule has 2 unspecified atom stereocenters. The number of benzene rings is 2. The van der Waals surface area contributed by atoms with Gasteiger partial charge in [0.05, 0.1) is 19.6 Å². The van der Waals surface area contributed by atoms with Crippen molar-refractivity contribution >= 4 is 17.7 Å². The number of aliphatic carboxylic acids is 1. The maximum atomic E-state index is 11.1. The van der Waals surface area contributed by atoms with Crippen LogP contribution in [0, 0.1) is 0 Å². The number of carbonyl (C=O) groups is 1. The monoisotopic (exact) mass is 405 g/mol. The first-order valence-electron chi connectivity index (χ1n) is 8.78. The lowest BCUT2D eigenvalue weighted by atomic mass is 10.2. The Morgan fingerprint density at radius 3 is 2.39 bits per heavy atom. The number of hydrogen-bond donors (Lipinski definition) is 2. The van der Waals surface area contributed by atoms with Gasteiger partial charge in [-0.05, 0) is 42.0 Å². The van der Waals surface area contributed by atoms with E-state index in [-0.39, 0.29) is 5.37 Å². The standard InChI is InChI=1S/C20H23NO6S/c1-24-14-4-6-15(7-5-14)26-9-10-27-17-8-3-13(11-18(17)25-2)19-21-16(12-28-19)20(22)23/h3-8,11,16,19,21H,9-10,12H2,1-2H3,(H,22,23). The third-order valence-corrected chi connectivity index (χ3v) is 5.51. The van der Waals surface area contributed by atoms with Crippen molar-refractivity contribution < 1.29 is 28.8 Å². The Hall–Kier alpha value is -2.58. The summed E-state index contributed by atoms with van der Waals surface area (Å²) >= 11 is 1.56. The number of methoxy groups -OCH3 is 2. The van der Waals surface area contributed by atoms with E-state index in [1.165, 1.54) is 0 Å². The van der Waals surface area contributed by atoms with Gasteiger partial charge in [-0.3, -0.25) is 10.1 Å².